The van der Waals surface area contributed by atoms with Crippen molar-refractivity contribution >= 4 is 12.0 Å². The number of rotatable bonds is 6. The molecular formula is C21H28N2O4. The monoisotopic (exact) mass is 372 g/mol. The van der Waals surface area contributed by atoms with Crippen molar-refractivity contribution in [2.45, 2.75) is 64.5 Å². The van der Waals surface area contributed by atoms with Gasteiger partial charge in [-0.1, -0.05) is 31.5 Å². The van der Waals surface area contributed by atoms with E-state index in [2.05, 4.69) is 10.6 Å². The van der Waals surface area contributed by atoms with E-state index in [9.17, 15) is 9.59 Å². The molecule has 0 unspecified atom stereocenters. The summed E-state index contributed by atoms with van der Waals surface area (Å²) in [5.41, 5.74) is 1.72. The van der Waals surface area contributed by atoms with Gasteiger partial charge in [0.25, 0.3) is 0 Å². The van der Waals surface area contributed by atoms with Gasteiger partial charge in [0.1, 0.15) is 11.9 Å². The SMILES string of the molecule is CCCOc1ccccc1[C@H]1NC(=O)NC(C)=C1C(=O)OC1CCCCC1. The Bertz CT molecular complexity index is 723. The Morgan fingerprint density at radius 2 is 1.93 bits per heavy atom. The van der Waals surface area contributed by atoms with E-state index in [0.717, 1.165) is 37.7 Å². The van der Waals surface area contributed by atoms with Crippen LogP contribution in [0.3, 0.4) is 0 Å². The molecule has 1 fully saturated rings. The van der Waals surface area contributed by atoms with E-state index in [4.69, 9.17) is 9.47 Å². The second kappa shape index (κ2) is 8.93. The number of esters is 1. The standard InChI is InChI=1S/C21H28N2O4/c1-3-13-26-17-12-8-7-11-16(17)19-18(14(2)22-21(25)23-19)20(24)27-15-9-5-4-6-10-15/h7-8,11-12,15,19H,3-6,9-10,13H2,1-2H3,(H2,22,23,25)/t19-/m1/s1. The molecule has 0 radical (unpaired) electrons. The van der Waals surface area contributed by atoms with Crippen LogP contribution < -0.4 is 15.4 Å². The summed E-state index contributed by atoms with van der Waals surface area (Å²) >= 11 is 0. The summed E-state index contributed by atoms with van der Waals surface area (Å²) in [6.07, 6.45) is 5.99. The van der Waals surface area contributed by atoms with Gasteiger partial charge >= 0.3 is 12.0 Å². The second-order valence-corrected chi connectivity index (χ2v) is 7.12. The molecule has 2 N–H and O–H groups in total. The van der Waals surface area contributed by atoms with Gasteiger partial charge in [0.2, 0.25) is 0 Å². The average molecular weight is 372 g/mol. The quantitative estimate of drug-likeness (QED) is 0.741. The zero-order chi connectivity index (χ0) is 19.2. The van der Waals surface area contributed by atoms with E-state index < -0.39 is 6.04 Å². The second-order valence-electron chi connectivity index (χ2n) is 7.12. The summed E-state index contributed by atoms with van der Waals surface area (Å²) < 4.78 is 11.6. The van der Waals surface area contributed by atoms with Crippen LogP contribution in [0.2, 0.25) is 0 Å². The van der Waals surface area contributed by atoms with Crippen LogP contribution in [0.25, 0.3) is 0 Å². The maximum Gasteiger partial charge on any atom is 0.338 e. The number of amides is 2. The Labute approximate surface area is 160 Å². The Balaban J connectivity index is 1.89. The van der Waals surface area contributed by atoms with Crippen LogP contribution in [0, 0.1) is 0 Å². The predicted octanol–water partition coefficient (Wildman–Crippen LogP) is 3.98. The number of para-hydroxylation sites is 1. The van der Waals surface area contributed by atoms with Crippen LogP contribution in [-0.4, -0.2) is 24.7 Å². The summed E-state index contributed by atoms with van der Waals surface area (Å²) in [6, 6.07) is 6.57. The van der Waals surface area contributed by atoms with Gasteiger partial charge < -0.3 is 20.1 Å². The highest BCUT2D eigenvalue weighted by atomic mass is 16.5. The number of ether oxygens (including phenoxy) is 2. The highest BCUT2D eigenvalue weighted by Crippen LogP contribution is 2.34. The molecule has 0 bridgehead atoms. The number of urea groups is 1. The lowest BCUT2D eigenvalue weighted by Gasteiger charge is -2.30. The van der Waals surface area contributed by atoms with Crippen LogP contribution in [0.4, 0.5) is 4.79 Å². The first kappa shape index (κ1) is 19.3. The minimum atomic E-state index is -0.595. The summed E-state index contributed by atoms with van der Waals surface area (Å²) in [5, 5.41) is 5.56. The predicted molar refractivity (Wildman–Crippen MR) is 102 cm³/mol. The molecule has 2 amide bonds. The number of carbonyl (C=O) groups excluding carboxylic acids is 2. The lowest BCUT2D eigenvalue weighted by molar-refractivity contribution is -0.146. The van der Waals surface area contributed by atoms with Gasteiger partial charge in [0, 0.05) is 11.3 Å². The van der Waals surface area contributed by atoms with Gasteiger partial charge in [-0.2, -0.15) is 0 Å². The molecule has 1 aliphatic heterocycles. The van der Waals surface area contributed by atoms with E-state index in [0.29, 0.717) is 23.6 Å². The highest BCUT2D eigenvalue weighted by molar-refractivity contribution is 5.95. The van der Waals surface area contributed by atoms with E-state index in [-0.39, 0.29) is 18.1 Å². The molecule has 1 aromatic rings. The van der Waals surface area contributed by atoms with Crippen molar-refractivity contribution in [3.05, 3.63) is 41.1 Å². The maximum atomic E-state index is 13.0. The van der Waals surface area contributed by atoms with E-state index in [1.54, 1.807) is 6.92 Å². The summed E-state index contributed by atoms with van der Waals surface area (Å²) in [7, 11) is 0. The molecule has 3 rings (SSSR count). The van der Waals surface area contributed by atoms with Crippen LogP contribution >= 0.6 is 0 Å². The van der Waals surface area contributed by atoms with Gasteiger partial charge in [-0.25, -0.2) is 9.59 Å². The van der Waals surface area contributed by atoms with Gasteiger partial charge in [-0.15, -0.1) is 0 Å². The molecule has 1 atom stereocenters. The number of carbonyl (C=O) groups is 2. The Morgan fingerprint density at radius 1 is 1.19 bits per heavy atom. The van der Waals surface area contributed by atoms with E-state index in [1.807, 2.05) is 31.2 Å². The van der Waals surface area contributed by atoms with Gasteiger partial charge in [-0.3, -0.25) is 0 Å². The smallest absolute Gasteiger partial charge is 0.338 e. The third-order valence-corrected chi connectivity index (χ3v) is 5.01. The van der Waals surface area contributed by atoms with E-state index >= 15 is 0 Å². The van der Waals surface area contributed by atoms with Crippen molar-refractivity contribution in [2.24, 2.45) is 0 Å². The minimum Gasteiger partial charge on any atom is -0.493 e. The van der Waals surface area contributed by atoms with Crippen molar-refractivity contribution in [1.29, 1.82) is 0 Å². The number of allylic oxidation sites excluding steroid dienone is 1. The molecule has 2 aliphatic rings. The normalized spacial score (nSPS) is 20.7. The Kier molecular flexibility index (Phi) is 6.37. The average Bonchev–Trinajstić information content (AvgIpc) is 2.66. The van der Waals surface area contributed by atoms with Crippen LogP contribution in [0.1, 0.15) is 64.0 Å². The first-order valence-corrected chi connectivity index (χ1v) is 9.81. The Morgan fingerprint density at radius 3 is 2.67 bits per heavy atom. The molecule has 6 nitrogen and oxygen atoms in total. The fraction of sp³-hybridized carbons (Fsp3) is 0.524. The molecule has 0 spiro atoms. The number of nitrogens with one attached hydrogen (secondary N) is 2. The van der Waals surface area contributed by atoms with E-state index in [1.165, 1.54) is 6.42 Å². The van der Waals surface area contributed by atoms with Gasteiger partial charge in [0.05, 0.1) is 18.2 Å². The van der Waals surface area contributed by atoms with Crippen LogP contribution in [0.5, 0.6) is 5.75 Å². The molecule has 1 aromatic carbocycles. The molecule has 1 heterocycles. The molecule has 27 heavy (non-hydrogen) atoms. The van der Waals surface area contributed by atoms with Crippen molar-refractivity contribution in [2.75, 3.05) is 6.61 Å². The third kappa shape index (κ3) is 4.62. The number of benzene rings is 1. The number of hydrogen-bond acceptors (Lipinski definition) is 4. The first-order valence-electron chi connectivity index (χ1n) is 9.81. The fourth-order valence-electron chi connectivity index (χ4n) is 3.66. The zero-order valence-corrected chi connectivity index (χ0v) is 16.0. The van der Waals surface area contributed by atoms with Gasteiger partial charge in [0.15, 0.2) is 0 Å². The van der Waals surface area contributed by atoms with Crippen LogP contribution in [-0.2, 0) is 9.53 Å². The van der Waals surface area contributed by atoms with Crippen molar-refractivity contribution in [3.63, 3.8) is 0 Å². The number of hydrogen-bond donors (Lipinski definition) is 2. The molecule has 0 aromatic heterocycles. The lowest BCUT2D eigenvalue weighted by atomic mass is 9.94. The summed E-state index contributed by atoms with van der Waals surface area (Å²) in [6.45, 7) is 4.34. The third-order valence-electron chi connectivity index (χ3n) is 5.01. The summed E-state index contributed by atoms with van der Waals surface area (Å²) in [4.78, 5) is 25.1. The van der Waals surface area contributed by atoms with Crippen molar-refractivity contribution in [1.82, 2.24) is 10.6 Å². The topological polar surface area (TPSA) is 76.7 Å². The maximum absolute atomic E-state index is 13.0. The molecule has 1 saturated carbocycles. The molecule has 146 valence electrons. The molecule has 0 saturated heterocycles. The highest BCUT2D eigenvalue weighted by Gasteiger charge is 2.35. The Hall–Kier alpha value is -2.50. The molecule has 6 heteroatoms. The lowest BCUT2D eigenvalue weighted by Crippen LogP contribution is -2.45. The minimum absolute atomic E-state index is 0.0450. The largest absolute Gasteiger partial charge is 0.493 e. The van der Waals surface area contributed by atoms with Gasteiger partial charge in [-0.05, 0) is 45.1 Å². The summed E-state index contributed by atoms with van der Waals surface area (Å²) in [5.74, 6) is 0.296. The fourth-order valence-corrected chi connectivity index (χ4v) is 3.66. The van der Waals surface area contributed by atoms with Crippen molar-refractivity contribution < 1.29 is 19.1 Å². The molecule has 1 aliphatic carbocycles. The van der Waals surface area contributed by atoms with Crippen molar-refractivity contribution in [3.8, 4) is 5.75 Å². The molecular weight excluding hydrogens is 344 g/mol. The zero-order valence-electron chi connectivity index (χ0n) is 16.0. The first-order chi connectivity index (χ1) is 13.1. The van der Waals surface area contributed by atoms with Crippen LogP contribution in [0.15, 0.2) is 35.5 Å².